The molecule has 3 N–H and O–H groups in total. The number of aliphatic imine (C=N–C) groups is 1. The quantitative estimate of drug-likeness (QED) is 0.284. The van der Waals surface area contributed by atoms with Crippen molar-refractivity contribution >= 4 is 52.6 Å². The molecule has 29 heavy (non-hydrogen) atoms. The second-order valence-corrected chi connectivity index (χ2v) is 6.83. The van der Waals surface area contributed by atoms with Gasteiger partial charge in [-0.15, -0.1) is 24.0 Å². The molecule has 0 aliphatic carbocycles. The maximum Gasteiger partial charge on any atom is 0.229 e. The summed E-state index contributed by atoms with van der Waals surface area (Å²) in [6.07, 6.45) is 1.22. The normalized spacial score (nSPS) is 16.7. The van der Waals surface area contributed by atoms with E-state index in [1.54, 1.807) is 7.05 Å². The minimum atomic E-state index is 0. The fourth-order valence-electron chi connectivity index (χ4n) is 3.47. The largest absolute Gasteiger partial charge is 0.356 e. The van der Waals surface area contributed by atoms with Crippen LogP contribution in [0.2, 0.25) is 0 Å². The Morgan fingerprint density at radius 3 is 2.72 bits per heavy atom. The number of aromatic nitrogens is 2. The van der Waals surface area contributed by atoms with Gasteiger partial charge in [0, 0.05) is 38.7 Å². The van der Waals surface area contributed by atoms with Gasteiger partial charge < -0.3 is 20.5 Å². The van der Waals surface area contributed by atoms with Crippen molar-refractivity contribution in [3.63, 3.8) is 0 Å². The van der Waals surface area contributed by atoms with Gasteiger partial charge in [-0.3, -0.25) is 9.79 Å². The Bertz CT molecular complexity index is 954. The molecular formula is C21H25IN6O. The van der Waals surface area contributed by atoms with E-state index >= 15 is 0 Å². The van der Waals surface area contributed by atoms with Crippen LogP contribution in [0.5, 0.6) is 0 Å². The number of carbonyl (C=O) groups is 1. The van der Waals surface area contributed by atoms with Crippen LogP contribution < -0.4 is 15.5 Å². The highest BCUT2D eigenvalue weighted by Crippen LogP contribution is 2.20. The zero-order valence-corrected chi connectivity index (χ0v) is 18.6. The standard InChI is InChI=1S/C21H24N6O.HI/c1-22-21(23-12-11-19-25-17-9-5-6-10-18(17)26-19)24-15-13-20(28)27(14-15)16-7-3-2-4-8-16;/h2-10,15H,11-14H2,1H3,(H,25,26)(H2,22,23,24);1H. The fourth-order valence-corrected chi connectivity index (χ4v) is 3.47. The van der Waals surface area contributed by atoms with Gasteiger partial charge in [0.1, 0.15) is 5.82 Å². The molecule has 1 unspecified atom stereocenters. The lowest BCUT2D eigenvalue weighted by Crippen LogP contribution is -2.45. The van der Waals surface area contributed by atoms with Crippen molar-refractivity contribution in [3.8, 4) is 0 Å². The van der Waals surface area contributed by atoms with Gasteiger partial charge >= 0.3 is 0 Å². The van der Waals surface area contributed by atoms with Gasteiger partial charge in [0.15, 0.2) is 5.96 Å². The first kappa shape index (κ1) is 21.1. The number of hydrogen-bond donors (Lipinski definition) is 3. The van der Waals surface area contributed by atoms with E-state index in [9.17, 15) is 4.79 Å². The summed E-state index contributed by atoms with van der Waals surface area (Å²) in [5, 5.41) is 6.66. The minimum Gasteiger partial charge on any atom is -0.356 e. The Morgan fingerprint density at radius 1 is 1.21 bits per heavy atom. The van der Waals surface area contributed by atoms with Gasteiger partial charge in [-0.1, -0.05) is 30.3 Å². The van der Waals surface area contributed by atoms with Gasteiger partial charge in [-0.2, -0.15) is 0 Å². The van der Waals surface area contributed by atoms with Crippen molar-refractivity contribution < 1.29 is 4.79 Å². The van der Waals surface area contributed by atoms with Gasteiger partial charge in [-0.05, 0) is 24.3 Å². The number of H-pyrrole nitrogens is 1. The monoisotopic (exact) mass is 504 g/mol. The van der Waals surface area contributed by atoms with Crippen molar-refractivity contribution in [1.29, 1.82) is 0 Å². The van der Waals surface area contributed by atoms with Crippen LogP contribution in [0.25, 0.3) is 11.0 Å². The highest BCUT2D eigenvalue weighted by atomic mass is 127. The van der Waals surface area contributed by atoms with Crippen LogP contribution in [-0.4, -0.2) is 48.0 Å². The Hall–Kier alpha value is -2.62. The molecule has 2 aromatic carbocycles. The molecular weight excluding hydrogens is 479 g/mol. The lowest BCUT2D eigenvalue weighted by atomic mass is 10.2. The number of guanidine groups is 1. The second-order valence-electron chi connectivity index (χ2n) is 6.83. The zero-order valence-electron chi connectivity index (χ0n) is 16.3. The first-order valence-electron chi connectivity index (χ1n) is 9.49. The molecule has 0 saturated carbocycles. The molecule has 1 aliphatic rings. The van der Waals surface area contributed by atoms with Crippen LogP contribution in [-0.2, 0) is 11.2 Å². The van der Waals surface area contributed by atoms with Crippen LogP contribution >= 0.6 is 24.0 Å². The molecule has 3 aromatic rings. The number of para-hydroxylation sites is 3. The second kappa shape index (κ2) is 9.73. The average Bonchev–Trinajstić information content (AvgIpc) is 3.30. The van der Waals surface area contributed by atoms with Crippen molar-refractivity contribution in [2.75, 3.05) is 25.0 Å². The maximum atomic E-state index is 12.4. The number of nitrogens with zero attached hydrogens (tertiary/aromatic N) is 3. The number of aromatic amines is 1. The third kappa shape index (κ3) is 5.06. The fraction of sp³-hybridized carbons (Fsp3) is 0.286. The summed E-state index contributed by atoms with van der Waals surface area (Å²) in [5.41, 5.74) is 2.96. The molecule has 0 bridgehead atoms. The summed E-state index contributed by atoms with van der Waals surface area (Å²) in [4.78, 5) is 26.4. The lowest BCUT2D eigenvalue weighted by Gasteiger charge is -2.18. The third-order valence-electron chi connectivity index (χ3n) is 4.85. The number of anilines is 1. The highest BCUT2D eigenvalue weighted by molar-refractivity contribution is 14.0. The lowest BCUT2D eigenvalue weighted by molar-refractivity contribution is -0.117. The van der Waals surface area contributed by atoms with Crippen molar-refractivity contribution in [2.24, 2.45) is 4.99 Å². The van der Waals surface area contributed by atoms with E-state index in [-0.39, 0.29) is 35.9 Å². The molecule has 7 nitrogen and oxygen atoms in total. The number of halogens is 1. The van der Waals surface area contributed by atoms with Crippen LogP contribution in [0.4, 0.5) is 5.69 Å². The number of carbonyl (C=O) groups excluding carboxylic acids is 1. The molecule has 0 radical (unpaired) electrons. The number of amides is 1. The summed E-state index contributed by atoms with van der Waals surface area (Å²) in [6, 6.07) is 17.8. The molecule has 1 aromatic heterocycles. The van der Waals surface area contributed by atoms with Gasteiger partial charge in [0.05, 0.1) is 17.1 Å². The predicted octanol–water partition coefficient (Wildman–Crippen LogP) is 2.69. The Kier molecular flexibility index (Phi) is 7.08. The predicted molar refractivity (Wildman–Crippen MR) is 127 cm³/mol. The Labute approximate surface area is 187 Å². The first-order valence-corrected chi connectivity index (χ1v) is 9.49. The van der Waals surface area contributed by atoms with E-state index in [0.717, 1.165) is 29.0 Å². The number of nitrogens with one attached hydrogen (secondary N) is 3. The smallest absolute Gasteiger partial charge is 0.229 e. The molecule has 8 heteroatoms. The molecule has 1 aliphatic heterocycles. The minimum absolute atomic E-state index is 0. The average molecular weight is 504 g/mol. The van der Waals surface area contributed by atoms with E-state index < -0.39 is 0 Å². The summed E-state index contributed by atoms with van der Waals surface area (Å²) < 4.78 is 0. The number of hydrogen-bond acceptors (Lipinski definition) is 3. The van der Waals surface area contributed by atoms with E-state index in [0.29, 0.717) is 25.5 Å². The number of fused-ring (bicyclic) bond motifs is 1. The van der Waals surface area contributed by atoms with Crippen molar-refractivity contribution in [3.05, 3.63) is 60.4 Å². The van der Waals surface area contributed by atoms with Crippen LogP contribution in [0.3, 0.4) is 0 Å². The number of rotatable bonds is 5. The molecule has 1 amide bonds. The first-order chi connectivity index (χ1) is 13.7. The van der Waals surface area contributed by atoms with Crippen LogP contribution in [0.1, 0.15) is 12.2 Å². The molecule has 1 saturated heterocycles. The molecule has 0 spiro atoms. The topological polar surface area (TPSA) is 85.4 Å². The van der Waals surface area contributed by atoms with E-state index in [2.05, 4.69) is 25.6 Å². The van der Waals surface area contributed by atoms with Gasteiger partial charge in [-0.25, -0.2) is 4.98 Å². The molecule has 152 valence electrons. The maximum absolute atomic E-state index is 12.4. The zero-order chi connectivity index (χ0) is 19.3. The van der Waals surface area contributed by atoms with E-state index in [1.807, 2.05) is 59.5 Å². The summed E-state index contributed by atoms with van der Waals surface area (Å²) in [6.45, 7) is 1.33. The summed E-state index contributed by atoms with van der Waals surface area (Å²) in [7, 11) is 1.74. The van der Waals surface area contributed by atoms with E-state index in [4.69, 9.17) is 0 Å². The molecule has 2 heterocycles. The Morgan fingerprint density at radius 2 is 1.97 bits per heavy atom. The van der Waals surface area contributed by atoms with Gasteiger partial charge in [0.2, 0.25) is 5.91 Å². The van der Waals surface area contributed by atoms with E-state index in [1.165, 1.54) is 0 Å². The van der Waals surface area contributed by atoms with Gasteiger partial charge in [0.25, 0.3) is 0 Å². The highest BCUT2D eigenvalue weighted by Gasteiger charge is 2.30. The Balaban J connectivity index is 0.00000240. The molecule has 1 fully saturated rings. The van der Waals surface area contributed by atoms with Crippen LogP contribution in [0.15, 0.2) is 59.6 Å². The SMILES string of the molecule is CN=C(NCCc1nc2ccccc2[nH]1)NC1CC(=O)N(c2ccccc2)C1.I. The van der Waals surface area contributed by atoms with Crippen molar-refractivity contribution in [1.82, 2.24) is 20.6 Å². The summed E-state index contributed by atoms with van der Waals surface area (Å²) >= 11 is 0. The molecule has 1 atom stereocenters. The van der Waals surface area contributed by atoms with Crippen molar-refractivity contribution in [2.45, 2.75) is 18.9 Å². The molecule has 4 rings (SSSR count). The third-order valence-corrected chi connectivity index (χ3v) is 4.85. The summed E-state index contributed by atoms with van der Waals surface area (Å²) in [5.74, 6) is 1.76. The van der Waals surface area contributed by atoms with Crippen LogP contribution in [0, 0.1) is 0 Å². The number of imidazole rings is 1. The number of benzene rings is 2.